The second-order valence-electron chi connectivity index (χ2n) is 8.01. The summed E-state index contributed by atoms with van der Waals surface area (Å²) in [5.74, 6) is 1.60. The highest BCUT2D eigenvalue weighted by Gasteiger charge is 2.18. The number of hydrogen-bond acceptors (Lipinski definition) is 9. The monoisotopic (exact) mass is 556 g/mol. The van der Waals surface area contributed by atoms with Crippen molar-refractivity contribution in [2.75, 3.05) is 51.9 Å². The average molecular weight is 558 g/mol. The number of fused-ring (bicyclic) bond motifs is 2. The summed E-state index contributed by atoms with van der Waals surface area (Å²) in [6.07, 6.45) is 2.35. The number of morpholine rings is 1. The molecule has 2 aromatic heterocycles. The van der Waals surface area contributed by atoms with E-state index in [9.17, 15) is 5.11 Å². The predicted molar refractivity (Wildman–Crippen MR) is 144 cm³/mol. The predicted octanol–water partition coefficient (Wildman–Crippen LogP) is 4.70. The fourth-order valence-electron chi connectivity index (χ4n) is 4.01. The molecule has 1 unspecified atom stereocenters. The first-order valence-electron chi connectivity index (χ1n) is 11.0. The van der Waals surface area contributed by atoms with Crippen LogP contribution in [0.2, 0.25) is 5.02 Å². The molecule has 1 fully saturated rings. The molecule has 1 atom stereocenters. The third kappa shape index (κ3) is 6.05. The first-order valence-corrected chi connectivity index (χ1v) is 11.4. The van der Waals surface area contributed by atoms with Crippen LogP contribution in [-0.4, -0.2) is 72.6 Å². The Hall–Kier alpha value is -2.53. The van der Waals surface area contributed by atoms with Crippen molar-refractivity contribution in [1.82, 2.24) is 14.9 Å². The second-order valence-corrected chi connectivity index (χ2v) is 8.42. The number of para-hydroxylation sites is 1. The molecule has 0 saturated carbocycles. The summed E-state index contributed by atoms with van der Waals surface area (Å²) < 4.78 is 22.4. The van der Waals surface area contributed by atoms with Crippen LogP contribution in [0, 0.1) is 0 Å². The van der Waals surface area contributed by atoms with Gasteiger partial charge in [0.25, 0.3) is 0 Å². The highest BCUT2D eigenvalue weighted by atomic mass is 35.5. The van der Waals surface area contributed by atoms with Gasteiger partial charge in [-0.15, -0.1) is 24.8 Å². The van der Waals surface area contributed by atoms with Crippen LogP contribution in [0.4, 0.5) is 11.5 Å². The molecule has 0 amide bonds. The standard InChI is InChI=1S/C24H25ClN4O5.2ClH/c1-31-21-9-17-20(10-22(21)33-12-15(30)11-29-5-7-32-8-6-29)26-14-27-24(17)28-19-4-2-3-16-18(25)13-34-23(16)19;;/h2-4,9-10,13-15,30H,5-8,11-12H2,1H3,(H,26,27,28);2*1H. The Kier molecular flexibility index (Phi) is 9.84. The number of anilines is 2. The number of methoxy groups -OCH3 is 1. The van der Waals surface area contributed by atoms with E-state index in [1.807, 2.05) is 24.3 Å². The fraction of sp³-hybridized carbons (Fsp3) is 0.333. The molecule has 2 aromatic carbocycles. The minimum atomic E-state index is -0.637. The molecule has 0 bridgehead atoms. The van der Waals surface area contributed by atoms with Crippen LogP contribution in [0.1, 0.15) is 0 Å². The number of furan rings is 1. The number of nitrogens with one attached hydrogen (secondary N) is 1. The highest BCUT2D eigenvalue weighted by molar-refractivity contribution is 6.35. The van der Waals surface area contributed by atoms with Gasteiger partial charge in [-0.25, -0.2) is 9.97 Å². The highest BCUT2D eigenvalue weighted by Crippen LogP contribution is 2.37. The Morgan fingerprint density at radius 2 is 1.94 bits per heavy atom. The van der Waals surface area contributed by atoms with Crippen LogP contribution in [0.25, 0.3) is 21.9 Å². The molecule has 1 aliphatic rings. The number of halogens is 3. The van der Waals surface area contributed by atoms with E-state index in [1.54, 1.807) is 13.2 Å². The molecule has 0 spiro atoms. The van der Waals surface area contributed by atoms with Crippen LogP contribution in [0.5, 0.6) is 11.5 Å². The van der Waals surface area contributed by atoms with E-state index in [0.717, 1.165) is 29.5 Å². The lowest BCUT2D eigenvalue weighted by Gasteiger charge is -2.28. The normalized spacial score (nSPS) is 14.6. The van der Waals surface area contributed by atoms with Gasteiger partial charge in [0.1, 0.15) is 31.1 Å². The SMILES string of the molecule is COc1cc2c(Nc3cccc4c(Cl)coc34)ncnc2cc1OCC(O)CN1CCOCC1.Cl.Cl. The molecule has 2 N–H and O–H groups in total. The minimum Gasteiger partial charge on any atom is -0.493 e. The average Bonchev–Trinajstić information content (AvgIpc) is 3.24. The van der Waals surface area contributed by atoms with Gasteiger partial charge in [0, 0.05) is 36.5 Å². The second kappa shape index (κ2) is 12.6. The van der Waals surface area contributed by atoms with Crippen molar-refractivity contribution in [3.05, 3.63) is 47.9 Å². The quantitative estimate of drug-likeness (QED) is 0.319. The summed E-state index contributed by atoms with van der Waals surface area (Å²) in [7, 11) is 1.57. The molecule has 12 heteroatoms. The number of aromatic nitrogens is 2. The van der Waals surface area contributed by atoms with E-state index in [1.165, 1.54) is 12.6 Å². The molecule has 4 aromatic rings. The summed E-state index contributed by atoms with van der Waals surface area (Å²) in [6, 6.07) is 9.28. The first kappa shape index (κ1) is 28.0. The molecule has 0 radical (unpaired) electrons. The summed E-state index contributed by atoms with van der Waals surface area (Å²) >= 11 is 6.20. The largest absolute Gasteiger partial charge is 0.493 e. The maximum atomic E-state index is 10.4. The van der Waals surface area contributed by atoms with Gasteiger partial charge in [-0.3, -0.25) is 4.90 Å². The van der Waals surface area contributed by atoms with Gasteiger partial charge in [-0.2, -0.15) is 0 Å². The number of aliphatic hydroxyl groups excluding tert-OH is 1. The van der Waals surface area contributed by atoms with Gasteiger partial charge in [0.15, 0.2) is 17.1 Å². The van der Waals surface area contributed by atoms with E-state index in [-0.39, 0.29) is 31.4 Å². The van der Waals surface area contributed by atoms with E-state index in [2.05, 4.69) is 20.2 Å². The van der Waals surface area contributed by atoms with Gasteiger partial charge >= 0.3 is 0 Å². The van der Waals surface area contributed by atoms with Crippen LogP contribution in [0.15, 0.2) is 47.3 Å². The van der Waals surface area contributed by atoms with E-state index in [4.69, 9.17) is 30.2 Å². The zero-order valence-electron chi connectivity index (χ0n) is 19.5. The number of benzene rings is 2. The van der Waals surface area contributed by atoms with Gasteiger partial charge in [0.05, 0.1) is 36.6 Å². The Morgan fingerprint density at radius 3 is 2.72 bits per heavy atom. The third-order valence-electron chi connectivity index (χ3n) is 5.73. The number of hydrogen-bond donors (Lipinski definition) is 2. The van der Waals surface area contributed by atoms with Crippen LogP contribution >= 0.6 is 36.4 Å². The molecule has 36 heavy (non-hydrogen) atoms. The van der Waals surface area contributed by atoms with Crippen molar-refractivity contribution in [2.45, 2.75) is 6.10 Å². The summed E-state index contributed by atoms with van der Waals surface area (Å²) in [5.41, 5.74) is 2.04. The Balaban J connectivity index is 0.00000180. The Labute approximate surface area is 225 Å². The lowest BCUT2D eigenvalue weighted by Crippen LogP contribution is -2.42. The van der Waals surface area contributed by atoms with E-state index in [0.29, 0.717) is 53.2 Å². The molecular formula is C24H27Cl3N4O5. The third-order valence-corrected chi connectivity index (χ3v) is 6.02. The van der Waals surface area contributed by atoms with E-state index >= 15 is 0 Å². The van der Waals surface area contributed by atoms with Crippen molar-refractivity contribution in [1.29, 1.82) is 0 Å². The number of nitrogens with zero attached hydrogens (tertiary/aromatic N) is 3. The molecule has 5 rings (SSSR count). The number of ether oxygens (including phenoxy) is 3. The van der Waals surface area contributed by atoms with Crippen molar-refractivity contribution >= 4 is 69.8 Å². The molecule has 194 valence electrons. The fourth-order valence-corrected chi connectivity index (χ4v) is 4.20. The van der Waals surface area contributed by atoms with Crippen molar-refractivity contribution in [3.8, 4) is 11.5 Å². The maximum Gasteiger partial charge on any atom is 0.163 e. The zero-order valence-corrected chi connectivity index (χ0v) is 21.9. The zero-order chi connectivity index (χ0) is 23.5. The Bertz CT molecular complexity index is 1300. The topological polar surface area (TPSA) is 102 Å². The van der Waals surface area contributed by atoms with Gasteiger partial charge in [-0.1, -0.05) is 17.7 Å². The molecule has 3 heterocycles. The van der Waals surface area contributed by atoms with Gasteiger partial charge in [0.2, 0.25) is 0 Å². The summed E-state index contributed by atoms with van der Waals surface area (Å²) in [6.45, 7) is 3.64. The Morgan fingerprint density at radius 1 is 1.14 bits per heavy atom. The smallest absolute Gasteiger partial charge is 0.163 e. The molecular weight excluding hydrogens is 531 g/mol. The molecule has 9 nitrogen and oxygen atoms in total. The lowest BCUT2D eigenvalue weighted by atomic mass is 10.2. The number of rotatable bonds is 8. The molecule has 0 aliphatic carbocycles. The first-order chi connectivity index (χ1) is 16.6. The van der Waals surface area contributed by atoms with Crippen molar-refractivity contribution in [2.24, 2.45) is 0 Å². The molecule has 1 saturated heterocycles. The maximum absolute atomic E-state index is 10.4. The number of aliphatic hydroxyl groups is 1. The van der Waals surface area contributed by atoms with Gasteiger partial charge in [-0.05, 0) is 18.2 Å². The lowest BCUT2D eigenvalue weighted by molar-refractivity contribution is 0.00446. The van der Waals surface area contributed by atoms with E-state index < -0.39 is 6.10 Å². The molecule has 1 aliphatic heterocycles. The summed E-state index contributed by atoms with van der Waals surface area (Å²) in [5, 5.41) is 15.9. The van der Waals surface area contributed by atoms with Crippen LogP contribution in [0.3, 0.4) is 0 Å². The van der Waals surface area contributed by atoms with Crippen molar-refractivity contribution < 1.29 is 23.7 Å². The number of β-amino-alcohol motifs (C(OH)–C–C–N with tert-alkyl or cyclic N) is 1. The van der Waals surface area contributed by atoms with Gasteiger partial charge < -0.3 is 29.1 Å². The van der Waals surface area contributed by atoms with Crippen LogP contribution < -0.4 is 14.8 Å². The summed E-state index contributed by atoms with van der Waals surface area (Å²) in [4.78, 5) is 11.0. The van der Waals surface area contributed by atoms with Crippen LogP contribution in [-0.2, 0) is 4.74 Å². The van der Waals surface area contributed by atoms with Crippen molar-refractivity contribution in [3.63, 3.8) is 0 Å². The minimum absolute atomic E-state index is 0.